The van der Waals surface area contributed by atoms with Crippen molar-refractivity contribution >= 4 is 34.7 Å². The minimum atomic E-state index is -1.34. The molecule has 1 saturated heterocycles. The number of aliphatic hydroxyl groups is 1. The summed E-state index contributed by atoms with van der Waals surface area (Å²) < 4.78 is 16.3. The second kappa shape index (κ2) is 11.3. The van der Waals surface area contributed by atoms with Crippen molar-refractivity contribution in [2.75, 3.05) is 25.5 Å². The number of allylic oxidation sites excluding steroid dienone is 1. The number of aryl methyl sites for hydroxylation is 2. The predicted molar refractivity (Wildman–Crippen MR) is 142 cm³/mol. The van der Waals surface area contributed by atoms with Crippen LogP contribution in [0.4, 0.5) is 10.1 Å². The van der Waals surface area contributed by atoms with Crippen molar-refractivity contribution in [2.24, 2.45) is 12.1 Å². The molecule has 2 aromatic carbocycles. The number of carbonyl (C=O) groups is 2. The molecule has 10 heteroatoms. The highest BCUT2D eigenvalue weighted by Crippen LogP contribution is 2.33. The highest BCUT2D eigenvalue weighted by Gasteiger charge is 2.49. The van der Waals surface area contributed by atoms with Gasteiger partial charge >= 0.3 is 0 Å². The molecule has 4 rings (SSSR count). The van der Waals surface area contributed by atoms with Crippen molar-refractivity contribution in [3.63, 3.8) is 0 Å². The molecule has 2 N–H and O–H groups in total. The largest absolute Gasteiger partial charge is 0.378 e. The van der Waals surface area contributed by atoms with Gasteiger partial charge in [-0.3, -0.25) is 9.59 Å². The van der Waals surface area contributed by atoms with Crippen LogP contribution in [0.1, 0.15) is 32.2 Å². The standard InChI is InChI=1S/C25H27FN6O3.C2H6/c1-5-18(27-19-11-10-16(2)12-17(19)26)22(29-30(3)15-33)23(34)32-13-25(35,14-32)24-28-20-8-6-7-9-21(20)31(24)4;1-2/h5-12,15,27,35H,13-14H2,1-4H3;1-2H3/b18-5+,29-22+;. The molecule has 1 aromatic heterocycles. The van der Waals surface area contributed by atoms with Crippen LogP contribution in [0.2, 0.25) is 0 Å². The summed E-state index contributed by atoms with van der Waals surface area (Å²) in [5.41, 5.74) is 1.34. The maximum absolute atomic E-state index is 14.5. The smallest absolute Gasteiger partial charge is 0.276 e. The Morgan fingerprint density at radius 3 is 2.51 bits per heavy atom. The van der Waals surface area contributed by atoms with E-state index in [4.69, 9.17) is 0 Å². The van der Waals surface area contributed by atoms with E-state index < -0.39 is 17.3 Å². The Balaban J connectivity index is 0.00000186. The van der Waals surface area contributed by atoms with E-state index in [1.54, 1.807) is 32.1 Å². The van der Waals surface area contributed by atoms with Gasteiger partial charge in [-0.05, 0) is 43.7 Å². The van der Waals surface area contributed by atoms with Crippen LogP contribution in [-0.4, -0.2) is 62.7 Å². The molecule has 0 bridgehead atoms. The zero-order valence-corrected chi connectivity index (χ0v) is 22.0. The van der Waals surface area contributed by atoms with E-state index in [9.17, 15) is 19.1 Å². The Bertz CT molecular complexity index is 1360. The third-order valence-electron chi connectivity index (χ3n) is 5.95. The highest BCUT2D eigenvalue weighted by molar-refractivity contribution is 6.46. The topological polar surface area (TPSA) is 103 Å². The van der Waals surface area contributed by atoms with Crippen molar-refractivity contribution in [1.82, 2.24) is 19.5 Å². The number of halogens is 1. The fourth-order valence-corrected chi connectivity index (χ4v) is 4.11. The molecule has 0 saturated carbocycles. The monoisotopic (exact) mass is 508 g/mol. The number of likely N-dealkylation sites (tertiary alicyclic amines) is 1. The lowest BCUT2D eigenvalue weighted by atomic mass is 9.92. The van der Waals surface area contributed by atoms with E-state index in [2.05, 4.69) is 15.4 Å². The summed E-state index contributed by atoms with van der Waals surface area (Å²) in [6.07, 6.45) is 2.03. The van der Waals surface area contributed by atoms with Crippen molar-refractivity contribution in [3.05, 3.63) is 71.4 Å². The fourth-order valence-electron chi connectivity index (χ4n) is 4.11. The summed E-state index contributed by atoms with van der Waals surface area (Å²) in [6, 6.07) is 12.2. The number of hydrogen-bond acceptors (Lipinski definition) is 6. The zero-order valence-electron chi connectivity index (χ0n) is 22.0. The van der Waals surface area contributed by atoms with Crippen molar-refractivity contribution in [3.8, 4) is 0 Å². The van der Waals surface area contributed by atoms with Gasteiger partial charge in [0.15, 0.2) is 11.3 Å². The first kappa shape index (κ1) is 27.5. The summed E-state index contributed by atoms with van der Waals surface area (Å²) in [6.45, 7) is 7.42. The Kier molecular flexibility index (Phi) is 8.44. The lowest BCUT2D eigenvalue weighted by Gasteiger charge is -2.45. The second-order valence-electron chi connectivity index (χ2n) is 8.61. The molecule has 37 heavy (non-hydrogen) atoms. The zero-order chi connectivity index (χ0) is 27.3. The van der Waals surface area contributed by atoms with E-state index in [1.807, 2.05) is 49.7 Å². The van der Waals surface area contributed by atoms with Crippen LogP contribution in [0.25, 0.3) is 11.0 Å². The normalized spacial score (nSPS) is 15.0. The summed E-state index contributed by atoms with van der Waals surface area (Å²) in [5.74, 6) is -0.548. The molecule has 0 spiro atoms. The number of para-hydroxylation sites is 2. The average Bonchev–Trinajstić information content (AvgIpc) is 3.23. The molecule has 0 radical (unpaired) electrons. The average molecular weight is 509 g/mol. The SMILES string of the molecule is C/C=C(Nc1ccc(C)cc1F)\C(=N/N(C)C=O)C(=O)N1CC(O)(c2nc3ccccc3n2C)C1.CC. The molecule has 1 aliphatic heterocycles. The lowest BCUT2D eigenvalue weighted by Crippen LogP contribution is -2.63. The number of amides is 2. The maximum atomic E-state index is 14.5. The molecule has 2 heterocycles. The first-order valence-electron chi connectivity index (χ1n) is 12.1. The van der Waals surface area contributed by atoms with Crippen LogP contribution in [0, 0.1) is 12.7 Å². The number of imidazole rings is 1. The van der Waals surface area contributed by atoms with Crippen LogP contribution < -0.4 is 5.32 Å². The second-order valence-corrected chi connectivity index (χ2v) is 8.61. The van der Waals surface area contributed by atoms with Crippen LogP contribution in [-0.2, 0) is 22.2 Å². The number of anilines is 1. The van der Waals surface area contributed by atoms with E-state index in [0.29, 0.717) is 12.2 Å². The Morgan fingerprint density at radius 1 is 1.24 bits per heavy atom. The summed E-state index contributed by atoms with van der Waals surface area (Å²) in [4.78, 5) is 30.6. The Hall–Kier alpha value is -4.05. The van der Waals surface area contributed by atoms with Gasteiger partial charge in [0.25, 0.3) is 5.91 Å². The Labute approximate surface area is 215 Å². The first-order chi connectivity index (χ1) is 17.7. The van der Waals surface area contributed by atoms with Crippen LogP contribution in [0.15, 0.2) is 59.3 Å². The minimum Gasteiger partial charge on any atom is -0.378 e. The summed E-state index contributed by atoms with van der Waals surface area (Å²) in [7, 11) is 3.21. The lowest BCUT2D eigenvalue weighted by molar-refractivity contribution is -0.152. The number of nitrogens with one attached hydrogen (secondary N) is 1. The van der Waals surface area contributed by atoms with Gasteiger partial charge in [0.05, 0.1) is 35.5 Å². The molecular formula is C27H33FN6O3. The number of benzene rings is 2. The summed E-state index contributed by atoms with van der Waals surface area (Å²) >= 11 is 0. The van der Waals surface area contributed by atoms with Gasteiger partial charge in [-0.1, -0.05) is 38.1 Å². The first-order valence-corrected chi connectivity index (χ1v) is 12.1. The number of hydrogen-bond donors (Lipinski definition) is 2. The minimum absolute atomic E-state index is 0.0112. The molecule has 1 aliphatic rings. The number of carbonyl (C=O) groups excluding carboxylic acids is 2. The fraction of sp³-hybridized carbons (Fsp3) is 0.333. The van der Waals surface area contributed by atoms with E-state index >= 15 is 0 Å². The van der Waals surface area contributed by atoms with E-state index in [1.165, 1.54) is 18.0 Å². The number of hydrazone groups is 1. The van der Waals surface area contributed by atoms with Crippen molar-refractivity contribution in [2.45, 2.75) is 33.3 Å². The van der Waals surface area contributed by atoms with E-state index in [-0.39, 0.29) is 30.2 Å². The molecule has 9 nitrogen and oxygen atoms in total. The van der Waals surface area contributed by atoms with Gasteiger partial charge < -0.3 is 19.9 Å². The van der Waals surface area contributed by atoms with Gasteiger partial charge in [-0.2, -0.15) is 5.10 Å². The molecule has 196 valence electrons. The molecular weight excluding hydrogens is 475 g/mol. The highest BCUT2D eigenvalue weighted by atomic mass is 19.1. The third kappa shape index (κ3) is 5.54. The third-order valence-corrected chi connectivity index (χ3v) is 5.95. The molecule has 2 amide bonds. The number of β-amino-alcohol motifs (C(OH)–C–C–N with tert-alkyl or cyclic N) is 1. The van der Waals surface area contributed by atoms with Gasteiger partial charge in [-0.25, -0.2) is 14.4 Å². The Morgan fingerprint density at radius 2 is 1.92 bits per heavy atom. The summed E-state index contributed by atoms with van der Waals surface area (Å²) in [5, 5.41) is 19.2. The number of aromatic nitrogens is 2. The number of fused-ring (bicyclic) bond motifs is 1. The molecule has 0 atom stereocenters. The number of nitrogens with zero attached hydrogens (tertiary/aromatic N) is 5. The molecule has 1 fully saturated rings. The van der Waals surface area contributed by atoms with Crippen LogP contribution >= 0.6 is 0 Å². The number of rotatable bonds is 7. The molecule has 3 aromatic rings. The quantitative estimate of drug-likeness (QED) is 0.289. The van der Waals surface area contributed by atoms with Crippen molar-refractivity contribution < 1.29 is 19.1 Å². The van der Waals surface area contributed by atoms with Gasteiger partial charge in [0, 0.05) is 14.1 Å². The molecule has 0 unspecified atom stereocenters. The van der Waals surface area contributed by atoms with Gasteiger partial charge in [0.1, 0.15) is 11.6 Å². The van der Waals surface area contributed by atoms with Crippen LogP contribution in [0.5, 0.6) is 0 Å². The van der Waals surface area contributed by atoms with Crippen LogP contribution in [0.3, 0.4) is 0 Å². The van der Waals surface area contributed by atoms with E-state index in [0.717, 1.165) is 21.6 Å². The van der Waals surface area contributed by atoms with Gasteiger partial charge in [0.2, 0.25) is 6.41 Å². The predicted octanol–water partition coefficient (Wildman–Crippen LogP) is 3.54. The van der Waals surface area contributed by atoms with Gasteiger partial charge in [-0.15, -0.1) is 0 Å². The molecule has 0 aliphatic carbocycles. The maximum Gasteiger partial charge on any atom is 0.276 e. The van der Waals surface area contributed by atoms with Crippen molar-refractivity contribution in [1.29, 1.82) is 0 Å².